The zero-order valence-corrected chi connectivity index (χ0v) is 9.54. The van der Waals surface area contributed by atoms with Crippen molar-refractivity contribution < 1.29 is 22.7 Å². The van der Waals surface area contributed by atoms with Crippen LogP contribution in [-0.2, 0) is 11.3 Å². The summed E-state index contributed by atoms with van der Waals surface area (Å²) >= 11 is 0. The molecular weight excluding hydrogens is 247 g/mol. The van der Waals surface area contributed by atoms with E-state index in [1.807, 2.05) is 0 Å². The van der Waals surface area contributed by atoms with E-state index in [-0.39, 0.29) is 11.7 Å². The molecule has 1 aliphatic heterocycles. The number of nitrogens with zero attached hydrogens (tertiary/aromatic N) is 1. The largest absolute Gasteiger partial charge is 0.573 e. The maximum Gasteiger partial charge on any atom is 0.573 e. The first-order valence-electron chi connectivity index (χ1n) is 5.56. The third kappa shape index (κ3) is 3.38. The van der Waals surface area contributed by atoms with E-state index in [4.69, 9.17) is 0 Å². The summed E-state index contributed by atoms with van der Waals surface area (Å²) in [6.07, 6.45) is -3.28. The van der Waals surface area contributed by atoms with E-state index < -0.39 is 6.36 Å². The van der Waals surface area contributed by atoms with Gasteiger partial charge in [-0.1, -0.05) is 12.1 Å². The number of halogens is 3. The van der Waals surface area contributed by atoms with E-state index in [1.165, 1.54) is 24.3 Å². The van der Waals surface area contributed by atoms with Crippen LogP contribution in [0, 0.1) is 0 Å². The number of likely N-dealkylation sites (tertiary alicyclic amines) is 1. The summed E-state index contributed by atoms with van der Waals surface area (Å²) in [5, 5.41) is 0. The van der Waals surface area contributed by atoms with Gasteiger partial charge in [0.2, 0.25) is 5.91 Å². The number of rotatable bonds is 3. The van der Waals surface area contributed by atoms with Crippen molar-refractivity contribution in [3.05, 3.63) is 29.8 Å². The summed E-state index contributed by atoms with van der Waals surface area (Å²) in [5.74, 6) is -0.162. The molecule has 3 nitrogen and oxygen atoms in total. The predicted octanol–water partition coefficient (Wildman–Crippen LogP) is 2.71. The molecule has 0 aromatic heterocycles. The molecule has 1 aliphatic rings. The first kappa shape index (κ1) is 12.7. The number of carbonyl (C=O) groups is 1. The summed E-state index contributed by atoms with van der Waals surface area (Å²) < 4.78 is 39.6. The van der Waals surface area contributed by atoms with Crippen LogP contribution in [0.5, 0.6) is 5.75 Å². The van der Waals surface area contributed by atoms with Gasteiger partial charge >= 0.3 is 6.36 Å². The van der Waals surface area contributed by atoms with Gasteiger partial charge in [0, 0.05) is 19.5 Å². The molecule has 0 saturated carbocycles. The van der Waals surface area contributed by atoms with Crippen molar-refractivity contribution in [2.45, 2.75) is 25.7 Å². The molecule has 1 heterocycles. The number of alkyl halides is 3. The fraction of sp³-hybridized carbons (Fsp3) is 0.417. The van der Waals surface area contributed by atoms with E-state index in [0.29, 0.717) is 19.5 Å². The van der Waals surface area contributed by atoms with Crippen molar-refractivity contribution in [2.24, 2.45) is 0 Å². The highest BCUT2D eigenvalue weighted by Crippen LogP contribution is 2.23. The lowest BCUT2D eigenvalue weighted by Gasteiger charge is -2.15. The van der Waals surface area contributed by atoms with Gasteiger partial charge in [0.05, 0.1) is 0 Å². The summed E-state index contributed by atoms with van der Waals surface area (Å²) in [4.78, 5) is 13.1. The Bertz CT molecular complexity index is 428. The standard InChI is InChI=1S/C12H12F3NO2/c13-12(14,15)18-10-5-3-9(4-6-10)8-16-7-1-2-11(16)17/h3-6H,1-2,7-8H2. The van der Waals surface area contributed by atoms with Crippen LogP contribution in [-0.4, -0.2) is 23.7 Å². The molecule has 1 amide bonds. The predicted molar refractivity (Wildman–Crippen MR) is 57.8 cm³/mol. The third-order valence-corrected chi connectivity index (χ3v) is 2.70. The monoisotopic (exact) mass is 259 g/mol. The van der Waals surface area contributed by atoms with Crippen molar-refractivity contribution in [3.8, 4) is 5.75 Å². The summed E-state index contributed by atoms with van der Waals surface area (Å²) in [7, 11) is 0. The van der Waals surface area contributed by atoms with Crippen LogP contribution in [0.4, 0.5) is 13.2 Å². The highest BCUT2D eigenvalue weighted by atomic mass is 19.4. The number of hydrogen-bond donors (Lipinski definition) is 0. The Morgan fingerprint density at radius 2 is 1.89 bits per heavy atom. The van der Waals surface area contributed by atoms with Gasteiger partial charge in [0.15, 0.2) is 0 Å². The average molecular weight is 259 g/mol. The Kier molecular flexibility index (Phi) is 3.45. The van der Waals surface area contributed by atoms with Crippen molar-refractivity contribution in [1.29, 1.82) is 0 Å². The van der Waals surface area contributed by atoms with Gasteiger partial charge in [-0.2, -0.15) is 0 Å². The smallest absolute Gasteiger partial charge is 0.406 e. The van der Waals surface area contributed by atoms with E-state index in [9.17, 15) is 18.0 Å². The fourth-order valence-electron chi connectivity index (χ4n) is 1.89. The zero-order chi connectivity index (χ0) is 13.2. The molecule has 1 aromatic carbocycles. The van der Waals surface area contributed by atoms with Gasteiger partial charge in [-0.25, -0.2) is 0 Å². The molecule has 1 saturated heterocycles. The van der Waals surface area contributed by atoms with Crippen LogP contribution in [0.1, 0.15) is 18.4 Å². The molecule has 0 bridgehead atoms. The Hall–Kier alpha value is -1.72. The molecule has 0 radical (unpaired) electrons. The summed E-state index contributed by atoms with van der Waals surface area (Å²) in [6, 6.07) is 5.58. The molecule has 98 valence electrons. The topological polar surface area (TPSA) is 29.5 Å². The number of carbonyl (C=O) groups excluding carboxylic acids is 1. The van der Waals surface area contributed by atoms with E-state index in [1.54, 1.807) is 4.90 Å². The van der Waals surface area contributed by atoms with Crippen LogP contribution in [0.3, 0.4) is 0 Å². The van der Waals surface area contributed by atoms with E-state index in [2.05, 4.69) is 4.74 Å². The summed E-state index contributed by atoms with van der Waals surface area (Å²) in [6.45, 7) is 1.14. The minimum absolute atomic E-state index is 0.0885. The molecule has 0 spiro atoms. The molecule has 2 rings (SSSR count). The van der Waals surface area contributed by atoms with Gasteiger partial charge in [0.25, 0.3) is 0 Å². The minimum atomic E-state index is -4.67. The van der Waals surface area contributed by atoms with E-state index in [0.717, 1.165) is 12.0 Å². The highest BCUT2D eigenvalue weighted by Gasteiger charge is 2.31. The molecule has 6 heteroatoms. The first-order valence-corrected chi connectivity index (χ1v) is 5.56. The Morgan fingerprint density at radius 1 is 1.22 bits per heavy atom. The first-order chi connectivity index (χ1) is 8.44. The number of amides is 1. The van der Waals surface area contributed by atoms with Gasteiger partial charge in [-0.3, -0.25) is 4.79 Å². The second-order valence-corrected chi connectivity index (χ2v) is 4.11. The Labute approximate surface area is 102 Å². The molecule has 1 aromatic rings. The molecule has 1 fully saturated rings. The van der Waals surface area contributed by atoms with Crippen LogP contribution >= 0.6 is 0 Å². The van der Waals surface area contributed by atoms with Gasteiger partial charge in [-0.05, 0) is 24.1 Å². The van der Waals surface area contributed by atoms with Crippen LogP contribution < -0.4 is 4.74 Å². The van der Waals surface area contributed by atoms with Crippen molar-refractivity contribution in [1.82, 2.24) is 4.90 Å². The second-order valence-electron chi connectivity index (χ2n) is 4.11. The van der Waals surface area contributed by atoms with Crippen molar-refractivity contribution >= 4 is 5.91 Å². The van der Waals surface area contributed by atoms with E-state index >= 15 is 0 Å². The molecule has 0 N–H and O–H groups in total. The quantitative estimate of drug-likeness (QED) is 0.835. The number of ether oxygens (including phenoxy) is 1. The highest BCUT2D eigenvalue weighted by molar-refractivity contribution is 5.78. The lowest BCUT2D eigenvalue weighted by atomic mass is 10.2. The molecular formula is C12H12F3NO2. The lowest BCUT2D eigenvalue weighted by Crippen LogP contribution is -2.23. The van der Waals surface area contributed by atoms with Gasteiger partial charge in [-0.15, -0.1) is 13.2 Å². The van der Waals surface area contributed by atoms with Gasteiger partial charge < -0.3 is 9.64 Å². The number of hydrogen-bond acceptors (Lipinski definition) is 2. The molecule has 0 unspecified atom stereocenters. The molecule has 0 aliphatic carbocycles. The Morgan fingerprint density at radius 3 is 2.39 bits per heavy atom. The second kappa shape index (κ2) is 4.88. The van der Waals surface area contributed by atoms with Crippen molar-refractivity contribution in [3.63, 3.8) is 0 Å². The lowest BCUT2D eigenvalue weighted by molar-refractivity contribution is -0.274. The third-order valence-electron chi connectivity index (χ3n) is 2.70. The number of benzene rings is 1. The fourth-order valence-corrected chi connectivity index (χ4v) is 1.89. The molecule has 0 atom stereocenters. The zero-order valence-electron chi connectivity index (χ0n) is 9.54. The summed E-state index contributed by atoms with van der Waals surface area (Å²) in [5.41, 5.74) is 0.791. The average Bonchev–Trinajstić information content (AvgIpc) is 2.65. The van der Waals surface area contributed by atoms with Crippen LogP contribution in [0.15, 0.2) is 24.3 Å². The van der Waals surface area contributed by atoms with Gasteiger partial charge in [0.1, 0.15) is 5.75 Å². The normalized spacial score (nSPS) is 16.2. The van der Waals surface area contributed by atoms with Crippen molar-refractivity contribution in [2.75, 3.05) is 6.54 Å². The van der Waals surface area contributed by atoms with Crippen LogP contribution in [0.2, 0.25) is 0 Å². The molecule has 18 heavy (non-hydrogen) atoms. The minimum Gasteiger partial charge on any atom is -0.406 e. The Balaban J connectivity index is 1.97. The van der Waals surface area contributed by atoms with Crippen LogP contribution in [0.25, 0.3) is 0 Å². The SMILES string of the molecule is O=C1CCCN1Cc1ccc(OC(F)(F)F)cc1. The maximum absolute atomic E-state index is 11.9. The maximum atomic E-state index is 11.9.